The fourth-order valence-electron chi connectivity index (χ4n) is 1.47. The summed E-state index contributed by atoms with van der Waals surface area (Å²) in [6.07, 6.45) is 0. The van der Waals surface area contributed by atoms with Gasteiger partial charge in [0.25, 0.3) is 0 Å². The molecule has 0 aliphatic carbocycles. The standard InChI is InChI=1S/C12H10Cl3NP2S/c13-17(14,11-7-3-1-4-8-11)16-18(15,19)12-9-5-2-6-10-12/h1-10H. The highest BCUT2D eigenvalue weighted by Gasteiger charge is 2.22. The second kappa shape index (κ2) is 6.31. The minimum atomic E-state index is -2.70. The van der Waals surface area contributed by atoms with E-state index in [4.69, 9.17) is 45.5 Å². The van der Waals surface area contributed by atoms with Crippen LogP contribution in [0.1, 0.15) is 0 Å². The van der Waals surface area contributed by atoms with Crippen LogP contribution in [0, 0.1) is 0 Å². The van der Waals surface area contributed by atoms with Gasteiger partial charge in [0.1, 0.15) is 0 Å². The molecule has 0 aromatic heterocycles. The van der Waals surface area contributed by atoms with Gasteiger partial charge in [0.2, 0.25) is 0 Å². The number of halogens is 3. The Morgan fingerprint density at radius 1 is 0.737 bits per heavy atom. The molecule has 2 aromatic rings. The lowest BCUT2D eigenvalue weighted by atomic mass is 10.4. The Kier molecular flexibility index (Phi) is 5.17. The number of benzene rings is 2. The van der Waals surface area contributed by atoms with E-state index in [1.807, 2.05) is 60.7 Å². The molecule has 100 valence electrons. The second-order valence-electron chi connectivity index (χ2n) is 3.75. The van der Waals surface area contributed by atoms with E-state index in [1.54, 1.807) is 0 Å². The first-order chi connectivity index (χ1) is 8.92. The summed E-state index contributed by atoms with van der Waals surface area (Å²) in [5.74, 6) is -2.70. The molecule has 7 heteroatoms. The highest BCUT2D eigenvalue weighted by atomic mass is 35.9. The molecule has 1 unspecified atom stereocenters. The Morgan fingerprint density at radius 2 is 1.16 bits per heavy atom. The molecule has 0 saturated heterocycles. The zero-order valence-corrected chi connectivity index (χ0v) is 14.5. The molecular weight excluding hydrogens is 359 g/mol. The van der Waals surface area contributed by atoms with E-state index in [9.17, 15) is 0 Å². The third-order valence-electron chi connectivity index (χ3n) is 2.37. The van der Waals surface area contributed by atoms with E-state index in [0.29, 0.717) is 0 Å². The SMILES string of the molecule is S=P(Cl)(N=P(Cl)(Cl)c1ccccc1)c1ccccc1. The fraction of sp³-hybridized carbons (Fsp3) is 0. The van der Waals surface area contributed by atoms with Crippen LogP contribution in [-0.4, -0.2) is 0 Å². The Hall–Kier alpha value is 0.190. The van der Waals surface area contributed by atoms with Crippen molar-refractivity contribution in [3.05, 3.63) is 60.7 Å². The van der Waals surface area contributed by atoms with E-state index in [1.165, 1.54) is 0 Å². The lowest BCUT2D eigenvalue weighted by Crippen LogP contribution is -1.99. The van der Waals surface area contributed by atoms with Crippen molar-refractivity contribution >= 4 is 67.4 Å². The minimum Gasteiger partial charge on any atom is -0.216 e. The Balaban J connectivity index is 2.48. The topological polar surface area (TPSA) is 12.4 Å². The third-order valence-corrected chi connectivity index (χ3v) is 10.9. The summed E-state index contributed by atoms with van der Waals surface area (Å²) >= 11 is 24.6. The molecule has 0 saturated carbocycles. The van der Waals surface area contributed by atoms with Crippen LogP contribution in [0.5, 0.6) is 0 Å². The van der Waals surface area contributed by atoms with Gasteiger partial charge in [-0.15, -0.1) is 0 Å². The van der Waals surface area contributed by atoms with Gasteiger partial charge in [0.15, 0.2) is 11.3 Å². The number of nitrogens with zero attached hydrogens (tertiary/aromatic N) is 1. The van der Waals surface area contributed by atoms with Crippen LogP contribution in [0.3, 0.4) is 0 Å². The zero-order chi connectivity index (χ0) is 13.9. The van der Waals surface area contributed by atoms with Gasteiger partial charge in [-0.2, -0.15) is 0 Å². The predicted octanol–water partition coefficient (Wildman–Crippen LogP) is 5.69. The average molecular weight is 369 g/mol. The maximum absolute atomic E-state index is 6.41. The molecule has 19 heavy (non-hydrogen) atoms. The Labute approximate surface area is 132 Å². The van der Waals surface area contributed by atoms with Crippen molar-refractivity contribution in [2.45, 2.75) is 0 Å². The normalized spacial score (nSPS) is 14.7. The predicted molar refractivity (Wildman–Crippen MR) is 93.3 cm³/mol. The molecule has 0 bridgehead atoms. The minimum absolute atomic E-state index is 0.768. The van der Waals surface area contributed by atoms with Crippen molar-refractivity contribution in [2.24, 2.45) is 4.52 Å². The monoisotopic (exact) mass is 367 g/mol. The summed E-state index contributed by atoms with van der Waals surface area (Å²) in [6, 6.07) is 18.7. The number of hydrogen-bond acceptors (Lipinski definition) is 1. The Bertz CT molecular complexity index is 655. The molecule has 0 aliphatic rings. The molecule has 1 atom stereocenters. The van der Waals surface area contributed by atoms with E-state index < -0.39 is 11.3 Å². The van der Waals surface area contributed by atoms with Gasteiger partial charge in [-0.1, -0.05) is 106 Å². The maximum Gasteiger partial charge on any atom is 0.171 e. The summed E-state index contributed by atoms with van der Waals surface area (Å²) in [7, 11) is 0. The Morgan fingerprint density at radius 3 is 1.63 bits per heavy atom. The lowest BCUT2D eigenvalue weighted by molar-refractivity contribution is 1.76. The van der Waals surface area contributed by atoms with Crippen LogP contribution in [0.15, 0.2) is 65.2 Å². The van der Waals surface area contributed by atoms with Gasteiger partial charge in [0, 0.05) is 10.6 Å². The molecule has 0 amide bonds. The molecule has 1 nitrogen and oxygen atoms in total. The van der Waals surface area contributed by atoms with Gasteiger partial charge in [-0.3, -0.25) is 0 Å². The molecule has 0 spiro atoms. The lowest BCUT2D eigenvalue weighted by Gasteiger charge is -2.15. The van der Waals surface area contributed by atoms with Crippen LogP contribution in [0.2, 0.25) is 0 Å². The van der Waals surface area contributed by atoms with E-state index in [2.05, 4.69) is 4.52 Å². The van der Waals surface area contributed by atoms with Crippen LogP contribution >= 0.6 is 45.0 Å². The van der Waals surface area contributed by atoms with Crippen molar-refractivity contribution in [3.8, 4) is 0 Å². The highest BCUT2D eigenvalue weighted by Crippen LogP contribution is 2.69. The highest BCUT2D eigenvalue weighted by molar-refractivity contribution is 8.33. The van der Waals surface area contributed by atoms with E-state index >= 15 is 0 Å². The van der Waals surface area contributed by atoms with Gasteiger partial charge in [-0.05, 0) is 0 Å². The van der Waals surface area contributed by atoms with E-state index in [-0.39, 0.29) is 0 Å². The maximum atomic E-state index is 6.41. The summed E-state index contributed by atoms with van der Waals surface area (Å²) in [5.41, 5.74) is -2.62. The first-order valence-corrected chi connectivity index (χ1v) is 12.6. The molecular formula is C12H10Cl3NP2S. The van der Waals surface area contributed by atoms with Gasteiger partial charge in [0.05, 0.1) is 0 Å². The third kappa shape index (κ3) is 4.08. The molecule has 0 N–H and O–H groups in total. The molecule has 0 heterocycles. The van der Waals surface area contributed by atoms with Crippen LogP contribution in [0.4, 0.5) is 0 Å². The van der Waals surface area contributed by atoms with Gasteiger partial charge >= 0.3 is 0 Å². The molecule has 0 aliphatic heterocycles. The second-order valence-corrected chi connectivity index (χ2v) is 14.6. The zero-order valence-electron chi connectivity index (χ0n) is 9.66. The van der Waals surface area contributed by atoms with Gasteiger partial charge in [-0.25, -0.2) is 4.52 Å². The average Bonchev–Trinajstić information content (AvgIpc) is 2.40. The van der Waals surface area contributed by atoms with Crippen molar-refractivity contribution in [1.82, 2.24) is 0 Å². The summed E-state index contributed by atoms with van der Waals surface area (Å²) in [4.78, 5) is 0. The first kappa shape index (κ1) is 15.6. The largest absolute Gasteiger partial charge is 0.216 e. The van der Waals surface area contributed by atoms with Crippen LogP contribution < -0.4 is 10.6 Å². The molecule has 2 aromatic carbocycles. The molecule has 2 rings (SSSR count). The molecule has 0 radical (unpaired) electrons. The molecule has 0 fully saturated rings. The first-order valence-electron chi connectivity index (χ1n) is 5.36. The summed E-state index contributed by atoms with van der Waals surface area (Å²) < 4.78 is 4.41. The smallest absolute Gasteiger partial charge is 0.171 e. The number of rotatable bonds is 3. The van der Waals surface area contributed by atoms with E-state index in [0.717, 1.165) is 10.6 Å². The fourth-order valence-corrected chi connectivity index (χ4v) is 11.0. The quantitative estimate of drug-likeness (QED) is 0.634. The van der Waals surface area contributed by atoms with Crippen LogP contribution in [0.25, 0.3) is 0 Å². The number of hydrogen-bond donors (Lipinski definition) is 0. The van der Waals surface area contributed by atoms with Crippen molar-refractivity contribution in [1.29, 1.82) is 0 Å². The van der Waals surface area contributed by atoms with Crippen LogP contribution in [-0.2, 0) is 11.8 Å². The summed E-state index contributed by atoms with van der Waals surface area (Å²) in [5, 5.41) is 1.57. The van der Waals surface area contributed by atoms with Crippen molar-refractivity contribution < 1.29 is 0 Å². The van der Waals surface area contributed by atoms with Gasteiger partial charge < -0.3 is 0 Å². The van der Waals surface area contributed by atoms with Crippen molar-refractivity contribution in [3.63, 3.8) is 0 Å². The summed E-state index contributed by atoms with van der Waals surface area (Å²) in [6.45, 7) is 0. The van der Waals surface area contributed by atoms with Crippen molar-refractivity contribution in [2.75, 3.05) is 0 Å².